The zero-order chi connectivity index (χ0) is 17.2. The van der Waals surface area contributed by atoms with Gasteiger partial charge in [-0.05, 0) is 43.9 Å². The average Bonchev–Trinajstić information content (AvgIpc) is 3.24. The number of nitrogens with zero attached hydrogens (tertiary/aromatic N) is 2. The number of hydrogen-bond acceptors (Lipinski definition) is 6. The van der Waals surface area contributed by atoms with Crippen molar-refractivity contribution in [3.63, 3.8) is 0 Å². The molecule has 0 bridgehead atoms. The van der Waals surface area contributed by atoms with E-state index in [2.05, 4.69) is 28.1 Å². The molecule has 0 aliphatic carbocycles. The lowest BCUT2D eigenvalue weighted by molar-refractivity contribution is 0.141. The zero-order valence-electron chi connectivity index (χ0n) is 14.7. The van der Waals surface area contributed by atoms with E-state index in [0.29, 0.717) is 11.7 Å². The maximum Gasteiger partial charge on any atom is 0.180 e. The molecule has 1 aromatic heterocycles. The van der Waals surface area contributed by atoms with Crippen molar-refractivity contribution in [2.24, 2.45) is 0 Å². The predicted molar refractivity (Wildman–Crippen MR) is 103 cm³/mol. The molecule has 2 aliphatic rings. The molecule has 1 atom stereocenters. The smallest absolute Gasteiger partial charge is 0.180 e. The molecule has 134 valence electrons. The van der Waals surface area contributed by atoms with Crippen LogP contribution in [0.25, 0.3) is 10.4 Å². The summed E-state index contributed by atoms with van der Waals surface area (Å²) >= 11 is 1.54. The van der Waals surface area contributed by atoms with Crippen LogP contribution in [-0.2, 0) is 4.74 Å². The molecule has 2 aromatic rings. The third kappa shape index (κ3) is 3.75. The van der Waals surface area contributed by atoms with E-state index >= 15 is 0 Å². The highest BCUT2D eigenvalue weighted by Gasteiger charge is 2.20. The molecule has 0 radical (unpaired) electrons. The number of rotatable bonds is 4. The van der Waals surface area contributed by atoms with Gasteiger partial charge in [0.05, 0.1) is 23.8 Å². The molecular formula is C19H25N3O2S. The summed E-state index contributed by atoms with van der Waals surface area (Å²) in [5, 5.41) is 0.613. The number of nitrogen functional groups attached to an aromatic ring is 1. The van der Waals surface area contributed by atoms with Crippen LogP contribution in [0.5, 0.6) is 5.75 Å². The van der Waals surface area contributed by atoms with Gasteiger partial charge < -0.3 is 20.1 Å². The standard InChI is InChI=1S/C19H25N3O2S/c1-13-18(25-19(20)21-13)14-9-15(22-6-3-2-4-7-22)11-17(10-14)24-16-5-8-23-12-16/h9-11,16H,2-8,12H2,1H3,(H2,20,21)/t16-/m1/s1. The van der Waals surface area contributed by atoms with Crippen molar-refractivity contribution in [3.8, 4) is 16.2 Å². The Morgan fingerprint density at radius 2 is 2.08 bits per heavy atom. The molecule has 0 amide bonds. The van der Waals surface area contributed by atoms with E-state index in [4.69, 9.17) is 15.2 Å². The van der Waals surface area contributed by atoms with Gasteiger partial charge in [0.1, 0.15) is 11.9 Å². The molecule has 2 N–H and O–H groups in total. The first kappa shape index (κ1) is 16.7. The molecule has 6 heteroatoms. The summed E-state index contributed by atoms with van der Waals surface area (Å²) in [4.78, 5) is 7.98. The Kier molecular flexibility index (Phi) is 4.81. The zero-order valence-corrected chi connectivity index (χ0v) is 15.5. The maximum absolute atomic E-state index is 6.22. The van der Waals surface area contributed by atoms with Crippen molar-refractivity contribution in [2.45, 2.75) is 38.7 Å². The van der Waals surface area contributed by atoms with E-state index in [1.54, 1.807) is 11.3 Å². The van der Waals surface area contributed by atoms with Crippen molar-refractivity contribution in [3.05, 3.63) is 23.9 Å². The second-order valence-corrected chi connectivity index (χ2v) is 7.86. The van der Waals surface area contributed by atoms with Crippen LogP contribution in [0.15, 0.2) is 18.2 Å². The Morgan fingerprint density at radius 1 is 1.24 bits per heavy atom. The van der Waals surface area contributed by atoms with Gasteiger partial charge in [0.15, 0.2) is 5.13 Å². The fourth-order valence-corrected chi connectivity index (χ4v) is 4.42. The Hall–Kier alpha value is -1.79. The topological polar surface area (TPSA) is 60.6 Å². The number of hydrogen-bond donors (Lipinski definition) is 1. The van der Waals surface area contributed by atoms with Crippen LogP contribution >= 0.6 is 11.3 Å². The molecule has 5 nitrogen and oxygen atoms in total. The summed E-state index contributed by atoms with van der Waals surface area (Å²) in [6.07, 6.45) is 4.93. The highest BCUT2D eigenvalue weighted by atomic mass is 32.1. The van der Waals surface area contributed by atoms with Gasteiger partial charge in [-0.1, -0.05) is 11.3 Å². The monoisotopic (exact) mass is 359 g/mol. The molecule has 0 unspecified atom stereocenters. The minimum Gasteiger partial charge on any atom is -0.488 e. The van der Waals surface area contributed by atoms with Crippen molar-refractivity contribution < 1.29 is 9.47 Å². The summed E-state index contributed by atoms with van der Waals surface area (Å²) in [6, 6.07) is 6.54. The minimum absolute atomic E-state index is 0.150. The van der Waals surface area contributed by atoms with Crippen molar-refractivity contribution in [1.29, 1.82) is 0 Å². The molecule has 2 aliphatic heterocycles. The van der Waals surface area contributed by atoms with Gasteiger partial charge in [-0.2, -0.15) is 0 Å². The van der Waals surface area contributed by atoms with E-state index in [-0.39, 0.29) is 6.10 Å². The van der Waals surface area contributed by atoms with Crippen molar-refractivity contribution in [2.75, 3.05) is 36.9 Å². The highest BCUT2D eigenvalue weighted by Crippen LogP contribution is 2.37. The molecule has 3 heterocycles. The van der Waals surface area contributed by atoms with Crippen LogP contribution in [0, 0.1) is 6.92 Å². The minimum atomic E-state index is 0.150. The second kappa shape index (κ2) is 7.22. The Labute approximate surface area is 152 Å². The molecule has 4 rings (SSSR count). The van der Waals surface area contributed by atoms with Gasteiger partial charge in [-0.25, -0.2) is 4.98 Å². The first-order valence-corrected chi connectivity index (χ1v) is 9.88. The number of nitrogens with two attached hydrogens (primary N) is 1. The largest absolute Gasteiger partial charge is 0.488 e. The van der Waals surface area contributed by atoms with Crippen LogP contribution in [0.1, 0.15) is 31.4 Å². The van der Waals surface area contributed by atoms with E-state index < -0.39 is 0 Å². The number of anilines is 2. The fraction of sp³-hybridized carbons (Fsp3) is 0.526. The molecule has 0 spiro atoms. The van der Waals surface area contributed by atoms with Crippen LogP contribution in [0.3, 0.4) is 0 Å². The number of thiazole rings is 1. The van der Waals surface area contributed by atoms with Crippen LogP contribution in [0.4, 0.5) is 10.8 Å². The van der Waals surface area contributed by atoms with Crippen molar-refractivity contribution in [1.82, 2.24) is 4.98 Å². The first-order chi connectivity index (χ1) is 12.2. The number of aryl methyl sites for hydroxylation is 1. The van der Waals surface area contributed by atoms with Gasteiger partial charge in [-0.15, -0.1) is 0 Å². The summed E-state index contributed by atoms with van der Waals surface area (Å²) < 4.78 is 11.7. The Morgan fingerprint density at radius 3 is 2.76 bits per heavy atom. The summed E-state index contributed by atoms with van der Waals surface area (Å²) in [5.74, 6) is 0.917. The Balaban J connectivity index is 1.69. The molecule has 1 aromatic carbocycles. The lowest BCUT2D eigenvalue weighted by Gasteiger charge is -2.29. The van der Waals surface area contributed by atoms with E-state index in [0.717, 1.165) is 48.0 Å². The molecule has 2 saturated heterocycles. The highest BCUT2D eigenvalue weighted by molar-refractivity contribution is 7.18. The fourth-order valence-electron chi connectivity index (χ4n) is 3.60. The number of aromatic nitrogens is 1. The predicted octanol–water partition coefficient (Wildman–Crippen LogP) is 3.86. The van der Waals surface area contributed by atoms with Gasteiger partial charge in [-0.3, -0.25) is 0 Å². The van der Waals surface area contributed by atoms with Gasteiger partial charge in [0.25, 0.3) is 0 Å². The summed E-state index contributed by atoms with van der Waals surface area (Å²) in [7, 11) is 0. The number of piperidine rings is 1. The van der Waals surface area contributed by atoms with E-state index in [1.165, 1.54) is 24.9 Å². The normalized spacial score (nSPS) is 20.8. The molecule has 2 fully saturated rings. The molecule has 0 saturated carbocycles. The number of ether oxygens (including phenoxy) is 2. The SMILES string of the molecule is Cc1nc(N)sc1-c1cc(O[C@@H]2CCOC2)cc(N2CCCCC2)c1. The summed E-state index contributed by atoms with van der Waals surface area (Å²) in [5.41, 5.74) is 9.27. The maximum atomic E-state index is 6.22. The molecule has 25 heavy (non-hydrogen) atoms. The lowest BCUT2D eigenvalue weighted by Crippen LogP contribution is -2.29. The van der Waals surface area contributed by atoms with Gasteiger partial charge in [0, 0.05) is 31.3 Å². The third-order valence-corrected chi connectivity index (χ3v) is 5.91. The van der Waals surface area contributed by atoms with Crippen LogP contribution < -0.4 is 15.4 Å². The second-order valence-electron chi connectivity index (χ2n) is 6.83. The van der Waals surface area contributed by atoms with Gasteiger partial charge >= 0.3 is 0 Å². The molecular weight excluding hydrogens is 334 g/mol. The van der Waals surface area contributed by atoms with Crippen molar-refractivity contribution >= 4 is 22.2 Å². The first-order valence-electron chi connectivity index (χ1n) is 9.07. The van der Waals surface area contributed by atoms with Crippen LogP contribution in [-0.4, -0.2) is 37.4 Å². The Bertz CT molecular complexity index is 734. The van der Waals surface area contributed by atoms with E-state index in [1.807, 2.05) is 6.92 Å². The lowest BCUT2D eigenvalue weighted by atomic mass is 10.1. The third-order valence-electron chi connectivity index (χ3n) is 4.88. The van der Waals surface area contributed by atoms with E-state index in [9.17, 15) is 0 Å². The van der Waals surface area contributed by atoms with Crippen LogP contribution in [0.2, 0.25) is 0 Å². The quantitative estimate of drug-likeness (QED) is 0.898. The summed E-state index contributed by atoms with van der Waals surface area (Å²) in [6.45, 7) is 5.70. The number of benzene rings is 1. The van der Waals surface area contributed by atoms with Gasteiger partial charge in [0.2, 0.25) is 0 Å². The average molecular weight is 359 g/mol.